The first-order valence-corrected chi connectivity index (χ1v) is 11.7. The maximum Gasteiger partial charge on any atom is 0.300 e. The van der Waals surface area contributed by atoms with Crippen LogP contribution in [0.15, 0.2) is 78.4 Å². The first-order chi connectivity index (χ1) is 16.8. The first kappa shape index (κ1) is 24.1. The second-order valence-corrected chi connectivity index (χ2v) is 8.88. The highest BCUT2D eigenvalue weighted by molar-refractivity contribution is 6.51. The minimum absolute atomic E-state index is 0.0127. The molecule has 1 atom stereocenters. The number of hydrogen-bond donors (Lipinski definition) is 2. The van der Waals surface area contributed by atoms with Crippen LogP contribution in [-0.4, -0.2) is 28.5 Å². The molecule has 1 aliphatic heterocycles. The number of benzene rings is 3. The van der Waals surface area contributed by atoms with E-state index in [9.17, 15) is 19.8 Å². The second kappa shape index (κ2) is 10.1. The maximum atomic E-state index is 13.3. The lowest BCUT2D eigenvalue weighted by Crippen LogP contribution is -2.29. The van der Waals surface area contributed by atoms with Crippen LogP contribution in [0.4, 0.5) is 5.69 Å². The Kier molecular flexibility index (Phi) is 6.92. The van der Waals surface area contributed by atoms with E-state index in [1.54, 1.807) is 36.4 Å². The first-order valence-electron chi connectivity index (χ1n) is 11.7. The third-order valence-corrected chi connectivity index (χ3v) is 6.07. The molecule has 180 valence electrons. The SMILES string of the molecule is CCCOc1cccc(/C(O)=C2/C(=O)C(=O)N(c3ccc(C(C)C)cc3)C2c2ccc(O)cc2)c1. The number of rotatable bonds is 7. The summed E-state index contributed by atoms with van der Waals surface area (Å²) in [6.07, 6.45) is 0.831. The maximum absolute atomic E-state index is 13.3. The number of aliphatic hydroxyl groups is 1. The van der Waals surface area contributed by atoms with Crippen LogP contribution in [-0.2, 0) is 9.59 Å². The van der Waals surface area contributed by atoms with Crippen LogP contribution in [0.25, 0.3) is 5.76 Å². The van der Waals surface area contributed by atoms with Crippen LogP contribution in [0, 0.1) is 0 Å². The van der Waals surface area contributed by atoms with E-state index >= 15 is 0 Å². The van der Waals surface area contributed by atoms with Crippen LogP contribution in [0.1, 0.15) is 55.8 Å². The quantitative estimate of drug-likeness (QED) is 0.253. The molecule has 1 fully saturated rings. The molecule has 0 saturated carbocycles. The van der Waals surface area contributed by atoms with Gasteiger partial charge in [-0.2, -0.15) is 0 Å². The Hall–Kier alpha value is -4.06. The summed E-state index contributed by atoms with van der Waals surface area (Å²) in [4.78, 5) is 28.0. The van der Waals surface area contributed by atoms with E-state index in [4.69, 9.17) is 4.74 Å². The monoisotopic (exact) mass is 471 g/mol. The Labute approximate surface area is 205 Å². The Balaban J connectivity index is 1.86. The van der Waals surface area contributed by atoms with Crippen molar-refractivity contribution in [1.29, 1.82) is 0 Å². The predicted molar refractivity (Wildman–Crippen MR) is 136 cm³/mol. The minimum Gasteiger partial charge on any atom is -0.508 e. The molecule has 0 bridgehead atoms. The summed E-state index contributed by atoms with van der Waals surface area (Å²) < 4.78 is 5.68. The molecule has 0 radical (unpaired) electrons. The van der Waals surface area contributed by atoms with Crippen molar-refractivity contribution in [3.8, 4) is 11.5 Å². The molecule has 2 N–H and O–H groups in total. The molecule has 3 aromatic rings. The van der Waals surface area contributed by atoms with Gasteiger partial charge in [0.1, 0.15) is 17.3 Å². The van der Waals surface area contributed by atoms with Crippen LogP contribution >= 0.6 is 0 Å². The molecule has 0 aliphatic carbocycles. The lowest BCUT2D eigenvalue weighted by Gasteiger charge is -2.26. The number of amides is 1. The lowest BCUT2D eigenvalue weighted by molar-refractivity contribution is -0.132. The Morgan fingerprint density at radius 2 is 1.69 bits per heavy atom. The summed E-state index contributed by atoms with van der Waals surface area (Å²) in [5.41, 5.74) is 2.62. The second-order valence-electron chi connectivity index (χ2n) is 8.88. The molecule has 6 nitrogen and oxygen atoms in total. The number of hydrogen-bond acceptors (Lipinski definition) is 5. The van der Waals surface area contributed by atoms with Crippen LogP contribution in [0.3, 0.4) is 0 Å². The average Bonchev–Trinajstić information content (AvgIpc) is 3.13. The van der Waals surface area contributed by atoms with E-state index in [1.807, 2.05) is 31.2 Å². The third-order valence-electron chi connectivity index (χ3n) is 6.07. The highest BCUT2D eigenvalue weighted by atomic mass is 16.5. The minimum atomic E-state index is -0.860. The Morgan fingerprint density at radius 1 is 1.00 bits per heavy atom. The number of ether oxygens (including phenoxy) is 1. The van der Waals surface area contributed by atoms with Gasteiger partial charge in [0.25, 0.3) is 11.7 Å². The number of carbonyl (C=O) groups excluding carboxylic acids is 2. The number of anilines is 1. The molecular weight excluding hydrogens is 442 g/mol. The van der Waals surface area contributed by atoms with E-state index in [0.29, 0.717) is 35.1 Å². The van der Waals surface area contributed by atoms with Crippen molar-refractivity contribution in [2.45, 2.75) is 39.2 Å². The lowest BCUT2D eigenvalue weighted by atomic mass is 9.95. The van der Waals surface area contributed by atoms with Gasteiger partial charge >= 0.3 is 0 Å². The van der Waals surface area contributed by atoms with Gasteiger partial charge in [-0.3, -0.25) is 14.5 Å². The van der Waals surface area contributed by atoms with E-state index in [-0.39, 0.29) is 17.1 Å². The number of aromatic hydroxyl groups is 1. The number of phenols is 1. The summed E-state index contributed by atoms with van der Waals surface area (Å²) in [5.74, 6) is -0.823. The molecular formula is C29H29NO5. The molecule has 1 heterocycles. The van der Waals surface area contributed by atoms with Crippen LogP contribution < -0.4 is 9.64 Å². The predicted octanol–water partition coefficient (Wildman–Crippen LogP) is 5.93. The highest BCUT2D eigenvalue weighted by Crippen LogP contribution is 2.42. The van der Waals surface area contributed by atoms with Gasteiger partial charge < -0.3 is 14.9 Å². The fraction of sp³-hybridized carbons (Fsp3) is 0.241. The van der Waals surface area contributed by atoms with Crippen molar-refractivity contribution < 1.29 is 24.5 Å². The molecule has 3 aromatic carbocycles. The molecule has 1 aliphatic rings. The third kappa shape index (κ3) is 4.78. The fourth-order valence-electron chi connectivity index (χ4n) is 4.20. The smallest absolute Gasteiger partial charge is 0.300 e. The number of Topliss-reactive ketones (excluding diaryl/α,β-unsaturated/α-hetero) is 1. The highest BCUT2D eigenvalue weighted by Gasteiger charge is 2.47. The fourth-order valence-corrected chi connectivity index (χ4v) is 4.20. The number of carbonyl (C=O) groups is 2. The molecule has 1 amide bonds. The zero-order valence-electron chi connectivity index (χ0n) is 20.1. The van der Waals surface area contributed by atoms with Gasteiger partial charge in [-0.15, -0.1) is 0 Å². The van der Waals surface area contributed by atoms with Crippen LogP contribution in [0.5, 0.6) is 11.5 Å². The number of ketones is 1. The van der Waals surface area contributed by atoms with Gasteiger partial charge in [-0.25, -0.2) is 0 Å². The molecule has 1 saturated heterocycles. The van der Waals surface area contributed by atoms with Crippen molar-refractivity contribution in [2.24, 2.45) is 0 Å². The summed E-state index contributed by atoms with van der Waals surface area (Å²) in [5, 5.41) is 21.1. The van der Waals surface area contributed by atoms with E-state index in [2.05, 4.69) is 13.8 Å². The summed E-state index contributed by atoms with van der Waals surface area (Å²) >= 11 is 0. The molecule has 6 heteroatoms. The zero-order chi connectivity index (χ0) is 25.1. The van der Waals surface area contributed by atoms with E-state index in [1.165, 1.54) is 17.0 Å². The van der Waals surface area contributed by atoms with Gasteiger partial charge in [0.05, 0.1) is 18.2 Å². The molecule has 0 aromatic heterocycles. The average molecular weight is 472 g/mol. The van der Waals surface area contributed by atoms with Crippen molar-refractivity contribution >= 4 is 23.1 Å². The normalized spacial score (nSPS) is 17.3. The van der Waals surface area contributed by atoms with Crippen molar-refractivity contribution in [3.63, 3.8) is 0 Å². The Bertz CT molecular complexity index is 1260. The number of aliphatic hydroxyl groups excluding tert-OH is 1. The van der Waals surface area contributed by atoms with E-state index < -0.39 is 17.7 Å². The summed E-state index contributed by atoms with van der Waals surface area (Å²) in [6.45, 7) is 6.68. The largest absolute Gasteiger partial charge is 0.508 e. The molecule has 0 spiro atoms. The van der Waals surface area contributed by atoms with Gasteiger partial charge in [-0.1, -0.05) is 57.2 Å². The van der Waals surface area contributed by atoms with Gasteiger partial charge in [0.15, 0.2) is 0 Å². The topological polar surface area (TPSA) is 87.1 Å². The van der Waals surface area contributed by atoms with Gasteiger partial charge in [-0.05, 0) is 59.9 Å². The van der Waals surface area contributed by atoms with Crippen molar-refractivity contribution in [3.05, 3.63) is 95.1 Å². The number of phenolic OH excluding ortho intramolecular Hbond substituents is 1. The summed E-state index contributed by atoms with van der Waals surface area (Å²) in [7, 11) is 0. The van der Waals surface area contributed by atoms with Gasteiger partial charge in [0, 0.05) is 11.3 Å². The molecule has 35 heavy (non-hydrogen) atoms. The van der Waals surface area contributed by atoms with Gasteiger partial charge in [0.2, 0.25) is 0 Å². The van der Waals surface area contributed by atoms with Crippen LogP contribution in [0.2, 0.25) is 0 Å². The van der Waals surface area contributed by atoms with E-state index in [0.717, 1.165) is 12.0 Å². The molecule has 1 unspecified atom stereocenters. The van der Waals surface area contributed by atoms with Crippen molar-refractivity contribution in [1.82, 2.24) is 0 Å². The Morgan fingerprint density at radius 3 is 2.31 bits per heavy atom. The molecule has 4 rings (SSSR count). The standard InChI is InChI=1S/C29H29NO5/c1-4-16-35-24-7-5-6-21(17-24)27(32)25-26(20-10-14-23(31)15-11-20)30(29(34)28(25)33)22-12-8-19(9-13-22)18(2)3/h5-15,17-18,26,31-32H,4,16H2,1-3H3/b27-25-. The zero-order valence-corrected chi connectivity index (χ0v) is 20.1. The number of nitrogens with zero attached hydrogens (tertiary/aromatic N) is 1. The summed E-state index contributed by atoms with van der Waals surface area (Å²) in [6, 6.07) is 19.8. The van der Waals surface area contributed by atoms with Crippen molar-refractivity contribution in [2.75, 3.05) is 11.5 Å².